The second kappa shape index (κ2) is 6.30. The van der Waals surface area contributed by atoms with Gasteiger partial charge in [0.25, 0.3) is 5.91 Å². The zero-order valence-corrected chi connectivity index (χ0v) is 12.3. The smallest absolute Gasteiger partial charge is 0.251 e. The van der Waals surface area contributed by atoms with E-state index in [9.17, 15) is 4.79 Å². The van der Waals surface area contributed by atoms with E-state index in [1.54, 1.807) is 19.2 Å². The van der Waals surface area contributed by atoms with Crippen molar-refractivity contribution >= 4 is 11.6 Å². The Hall–Kier alpha value is -2.82. The van der Waals surface area contributed by atoms with Crippen LogP contribution in [-0.4, -0.2) is 28.9 Å². The van der Waals surface area contributed by atoms with Crippen LogP contribution in [0.4, 0.5) is 0 Å². The number of carbonyl (C=O) groups excluding carboxylic acids is 1. The molecule has 0 saturated heterocycles. The molecule has 0 aliphatic heterocycles. The first-order valence-electron chi connectivity index (χ1n) is 7.12. The summed E-state index contributed by atoms with van der Waals surface area (Å²) in [7, 11) is 1.63. The standard InChI is InChI=1S/C17H17N3O2/c1-22-15-8-5-11-20-12-14(19-16(15)20)9-10-18-17(21)13-6-3-2-4-7-13/h2-8,11-12H,9-10H2,1H3,(H,18,21). The average Bonchev–Trinajstić information content (AvgIpc) is 2.98. The molecule has 2 aromatic heterocycles. The fourth-order valence-corrected chi connectivity index (χ4v) is 2.31. The molecule has 5 nitrogen and oxygen atoms in total. The first-order chi connectivity index (χ1) is 10.8. The average molecular weight is 295 g/mol. The van der Waals surface area contributed by atoms with Crippen LogP contribution < -0.4 is 10.1 Å². The highest BCUT2D eigenvalue weighted by molar-refractivity contribution is 5.94. The summed E-state index contributed by atoms with van der Waals surface area (Å²) in [5, 5.41) is 2.90. The molecule has 0 bridgehead atoms. The predicted octanol–water partition coefficient (Wildman–Crippen LogP) is 2.32. The number of pyridine rings is 1. The minimum absolute atomic E-state index is 0.0676. The summed E-state index contributed by atoms with van der Waals surface area (Å²) in [6.45, 7) is 0.542. The van der Waals surface area contributed by atoms with Crippen molar-refractivity contribution in [2.24, 2.45) is 0 Å². The zero-order chi connectivity index (χ0) is 15.4. The molecule has 1 amide bonds. The number of ether oxygens (including phenoxy) is 1. The second-order valence-corrected chi connectivity index (χ2v) is 4.91. The molecule has 0 radical (unpaired) electrons. The van der Waals surface area contributed by atoms with Gasteiger partial charge in [0.2, 0.25) is 0 Å². The van der Waals surface area contributed by atoms with Crippen LogP contribution in [0.25, 0.3) is 5.65 Å². The van der Waals surface area contributed by atoms with Gasteiger partial charge in [0.1, 0.15) is 0 Å². The van der Waals surface area contributed by atoms with Crippen LogP contribution in [0.3, 0.4) is 0 Å². The van der Waals surface area contributed by atoms with Crippen LogP contribution in [0.2, 0.25) is 0 Å². The number of carbonyl (C=O) groups is 1. The molecule has 22 heavy (non-hydrogen) atoms. The Kier molecular flexibility index (Phi) is 4.05. The molecular formula is C17H17N3O2. The Balaban J connectivity index is 1.63. The SMILES string of the molecule is COc1cccn2cc(CCNC(=O)c3ccccc3)nc12. The van der Waals surface area contributed by atoms with Crippen molar-refractivity contribution in [2.75, 3.05) is 13.7 Å². The van der Waals surface area contributed by atoms with Gasteiger partial charge >= 0.3 is 0 Å². The van der Waals surface area contributed by atoms with Gasteiger partial charge in [0.15, 0.2) is 11.4 Å². The Bertz CT molecular complexity index is 781. The van der Waals surface area contributed by atoms with Gasteiger partial charge in [-0.15, -0.1) is 0 Å². The van der Waals surface area contributed by atoms with Crippen LogP contribution in [0, 0.1) is 0 Å². The number of nitrogens with zero attached hydrogens (tertiary/aromatic N) is 2. The minimum atomic E-state index is -0.0676. The monoisotopic (exact) mass is 295 g/mol. The maximum Gasteiger partial charge on any atom is 0.251 e. The van der Waals surface area contributed by atoms with E-state index in [1.165, 1.54) is 0 Å². The van der Waals surface area contributed by atoms with E-state index in [-0.39, 0.29) is 5.91 Å². The largest absolute Gasteiger partial charge is 0.493 e. The Morgan fingerprint density at radius 1 is 1.23 bits per heavy atom. The van der Waals surface area contributed by atoms with Crippen LogP contribution in [-0.2, 0) is 6.42 Å². The van der Waals surface area contributed by atoms with Crippen molar-refractivity contribution in [2.45, 2.75) is 6.42 Å². The predicted molar refractivity (Wildman–Crippen MR) is 84.2 cm³/mol. The van der Waals surface area contributed by atoms with Crippen LogP contribution in [0.5, 0.6) is 5.75 Å². The second-order valence-electron chi connectivity index (χ2n) is 4.91. The summed E-state index contributed by atoms with van der Waals surface area (Å²) in [5.74, 6) is 0.670. The molecule has 112 valence electrons. The van der Waals surface area contributed by atoms with E-state index in [0.29, 0.717) is 18.5 Å². The molecule has 0 atom stereocenters. The molecule has 0 fully saturated rings. The number of nitrogens with one attached hydrogen (secondary N) is 1. The number of imidazole rings is 1. The molecule has 3 rings (SSSR count). The van der Waals surface area contributed by atoms with Gasteiger partial charge in [-0.3, -0.25) is 4.79 Å². The minimum Gasteiger partial charge on any atom is -0.493 e. The third-order valence-corrected chi connectivity index (χ3v) is 3.42. The van der Waals surface area contributed by atoms with E-state index in [1.807, 2.05) is 47.1 Å². The number of hydrogen-bond acceptors (Lipinski definition) is 3. The van der Waals surface area contributed by atoms with Gasteiger partial charge in [0, 0.05) is 30.9 Å². The highest BCUT2D eigenvalue weighted by Crippen LogP contribution is 2.18. The summed E-state index contributed by atoms with van der Waals surface area (Å²) in [6.07, 6.45) is 4.55. The molecule has 0 unspecified atom stereocenters. The summed E-state index contributed by atoms with van der Waals surface area (Å²) < 4.78 is 7.21. The van der Waals surface area contributed by atoms with Crippen molar-refractivity contribution < 1.29 is 9.53 Å². The highest BCUT2D eigenvalue weighted by Gasteiger charge is 2.08. The van der Waals surface area contributed by atoms with Crippen molar-refractivity contribution in [1.82, 2.24) is 14.7 Å². The Morgan fingerprint density at radius 3 is 2.82 bits per heavy atom. The lowest BCUT2D eigenvalue weighted by Gasteiger charge is -2.03. The molecular weight excluding hydrogens is 278 g/mol. The zero-order valence-electron chi connectivity index (χ0n) is 12.3. The van der Waals surface area contributed by atoms with E-state index in [0.717, 1.165) is 17.1 Å². The quantitative estimate of drug-likeness (QED) is 0.786. The first-order valence-corrected chi connectivity index (χ1v) is 7.12. The van der Waals surface area contributed by atoms with Gasteiger partial charge in [0.05, 0.1) is 12.8 Å². The fourth-order valence-electron chi connectivity index (χ4n) is 2.31. The molecule has 0 aliphatic carbocycles. The number of rotatable bonds is 5. The molecule has 0 spiro atoms. The van der Waals surface area contributed by atoms with Crippen LogP contribution >= 0.6 is 0 Å². The maximum atomic E-state index is 12.0. The van der Waals surface area contributed by atoms with E-state index in [4.69, 9.17) is 4.74 Å². The molecule has 1 aromatic carbocycles. The summed E-state index contributed by atoms with van der Waals surface area (Å²) >= 11 is 0. The van der Waals surface area contributed by atoms with Gasteiger partial charge in [-0.25, -0.2) is 4.98 Å². The Morgan fingerprint density at radius 2 is 2.05 bits per heavy atom. The Labute approximate surface area is 128 Å². The van der Waals surface area contributed by atoms with Gasteiger partial charge < -0.3 is 14.5 Å². The van der Waals surface area contributed by atoms with Crippen molar-refractivity contribution in [3.8, 4) is 5.75 Å². The number of fused-ring (bicyclic) bond motifs is 1. The summed E-state index contributed by atoms with van der Waals surface area (Å²) in [6, 6.07) is 13.0. The molecule has 3 aromatic rings. The third kappa shape index (κ3) is 2.93. The van der Waals surface area contributed by atoms with Crippen molar-refractivity contribution in [1.29, 1.82) is 0 Å². The first kappa shape index (κ1) is 14.1. The highest BCUT2D eigenvalue weighted by atomic mass is 16.5. The van der Waals surface area contributed by atoms with Crippen LogP contribution in [0.1, 0.15) is 16.1 Å². The molecule has 0 saturated carbocycles. The number of amides is 1. The number of methoxy groups -OCH3 is 1. The molecule has 0 aliphatic rings. The molecule has 1 N–H and O–H groups in total. The molecule has 2 heterocycles. The van der Waals surface area contributed by atoms with Crippen molar-refractivity contribution in [3.63, 3.8) is 0 Å². The third-order valence-electron chi connectivity index (χ3n) is 3.42. The maximum absolute atomic E-state index is 12.0. The summed E-state index contributed by atoms with van der Waals surface area (Å²) in [5.41, 5.74) is 2.37. The lowest BCUT2D eigenvalue weighted by molar-refractivity contribution is 0.0954. The fraction of sp³-hybridized carbons (Fsp3) is 0.176. The van der Waals surface area contributed by atoms with Crippen molar-refractivity contribution in [3.05, 3.63) is 66.1 Å². The lowest BCUT2D eigenvalue weighted by atomic mass is 10.2. The normalized spacial score (nSPS) is 10.6. The van der Waals surface area contributed by atoms with Gasteiger partial charge in [-0.2, -0.15) is 0 Å². The van der Waals surface area contributed by atoms with Gasteiger partial charge in [-0.1, -0.05) is 18.2 Å². The number of hydrogen-bond donors (Lipinski definition) is 1. The summed E-state index contributed by atoms with van der Waals surface area (Å²) in [4.78, 5) is 16.5. The lowest BCUT2D eigenvalue weighted by Crippen LogP contribution is -2.25. The van der Waals surface area contributed by atoms with E-state index < -0.39 is 0 Å². The van der Waals surface area contributed by atoms with E-state index in [2.05, 4.69) is 10.3 Å². The topological polar surface area (TPSA) is 55.6 Å². The van der Waals surface area contributed by atoms with E-state index >= 15 is 0 Å². The van der Waals surface area contributed by atoms with Gasteiger partial charge in [-0.05, 0) is 24.3 Å². The number of aromatic nitrogens is 2. The van der Waals surface area contributed by atoms with Crippen LogP contribution in [0.15, 0.2) is 54.9 Å². The molecule has 5 heteroatoms. The number of benzene rings is 1.